The Labute approximate surface area is 137 Å². The Morgan fingerprint density at radius 2 is 2.04 bits per heavy atom. The van der Waals surface area contributed by atoms with Crippen molar-refractivity contribution in [2.45, 2.75) is 18.2 Å². The van der Waals surface area contributed by atoms with Gasteiger partial charge in [-0.3, -0.25) is 4.79 Å². The largest absolute Gasteiger partial charge is 0.381 e. The lowest BCUT2D eigenvalue weighted by molar-refractivity contribution is -0.111. The summed E-state index contributed by atoms with van der Waals surface area (Å²) in [5.74, 6) is -0.0944. The maximum absolute atomic E-state index is 12.3. The maximum atomic E-state index is 12.3. The average molecular weight is 335 g/mol. The SMILES string of the molecule is C/C=C/C=C/C(=O)Nc1ccc(S(=O)(=O)C[C@H]2CCOC2)cc1. The van der Waals surface area contributed by atoms with Crippen LogP contribution >= 0.6 is 0 Å². The molecular formula is C17H21NO4S. The van der Waals surface area contributed by atoms with Gasteiger partial charge in [-0.1, -0.05) is 18.2 Å². The molecule has 5 nitrogen and oxygen atoms in total. The van der Waals surface area contributed by atoms with Crippen molar-refractivity contribution in [3.05, 3.63) is 48.6 Å². The minimum absolute atomic E-state index is 0.0659. The number of anilines is 1. The summed E-state index contributed by atoms with van der Waals surface area (Å²) in [6, 6.07) is 6.24. The maximum Gasteiger partial charge on any atom is 0.248 e. The molecule has 0 spiro atoms. The van der Waals surface area contributed by atoms with Crippen LogP contribution in [0.25, 0.3) is 0 Å². The summed E-state index contributed by atoms with van der Waals surface area (Å²) in [4.78, 5) is 11.9. The van der Waals surface area contributed by atoms with Gasteiger partial charge in [0.05, 0.1) is 17.3 Å². The van der Waals surface area contributed by atoms with Crippen molar-refractivity contribution >= 4 is 21.4 Å². The minimum atomic E-state index is -3.32. The molecule has 0 saturated carbocycles. The Hall–Kier alpha value is -1.92. The summed E-state index contributed by atoms with van der Waals surface area (Å²) in [6.45, 7) is 3.00. The molecule has 0 radical (unpaired) electrons. The van der Waals surface area contributed by atoms with Gasteiger partial charge in [-0.25, -0.2) is 8.42 Å². The van der Waals surface area contributed by atoms with E-state index in [1.165, 1.54) is 18.2 Å². The zero-order chi connectivity index (χ0) is 16.7. The van der Waals surface area contributed by atoms with Gasteiger partial charge >= 0.3 is 0 Å². The van der Waals surface area contributed by atoms with E-state index in [2.05, 4.69) is 5.32 Å². The van der Waals surface area contributed by atoms with Crippen molar-refractivity contribution in [1.82, 2.24) is 0 Å². The zero-order valence-electron chi connectivity index (χ0n) is 13.1. The molecule has 23 heavy (non-hydrogen) atoms. The first kappa shape index (κ1) is 17.4. The van der Waals surface area contributed by atoms with Crippen molar-refractivity contribution in [2.24, 2.45) is 5.92 Å². The van der Waals surface area contributed by atoms with E-state index in [9.17, 15) is 13.2 Å². The van der Waals surface area contributed by atoms with Crippen LogP contribution in [0.5, 0.6) is 0 Å². The molecule has 1 N–H and O–H groups in total. The smallest absolute Gasteiger partial charge is 0.248 e. The van der Waals surface area contributed by atoms with E-state index in [1.54, 1.807) is 24.3 Å². The van der Waals surface area contributed by atoms with E-state index in [1.807, 2.05) is 13.0 Å². The standard InChI is InChI=1S/C17H21NO4S/c1-2-3-4-5-17(19)18-15-6-8-16(9-7-15)23(20,21)13-14-10-11-22-12-14/h2-9,14H,10-13H2,1H3,(H,18,19)/b3-2+,5-4+/t14-/m0/s1. The normalized spacial score (nSPS) is 18.7. The fraction of sp³-hybridized carbons (Fsp3) is 0.353. The van der Waals surface area contributed by atoms with Crippen molar-refractivity contribution in [3.63, 3.8) is 0 Å². The van der Waals surface area contributed by atoms with Gasteiger partial charge < -0.3 is 10.1 Å². The Kier molecular flexibility index (Phi) is 6.12. The van der Waals surface area contributed by atoms with Crippen molar-refractivity contribution in [1.29, 1.82) is 0 Å². The molecule has 1 amide bonds. The fourth-order valence-electron chi connectivity index (χ4n) is 2.30. The van der Waals surface area contributed by atoms with Crippen LogP contribution in [0.1, 0.15) is 13.3 Å². The third-order valence-corrected chi connectivity index (χ3v) is 5.41. The van der Waals surface area contributed by atoms with Crippen LogP contribution in [0.2, 0.25) is 0 Å². The van der Waals surface area contributed by atoms with E-state index in [0.29, 0.717) is 18.9 Å². The quantitative estimate of drug-likeness (QED) is 0.640. The summed E-state index contributed by atoms with van der Waals surface area (Å²) < 4.78 is 29.9. The Morgan fingerprint density at radius 3 is 2.65 bits per heavy atom. The first-order valence-electron chi connectivity index (χ1n) is 7.52. The summed E-state index contributed by atoms with van der Waals surface area (Å²) in [5.41, 5.74) is 0.559. The molecule has 1 saturated heterocycles. The van der Waals surface area contributed by atoms with Crippen LogP contribution in [0.4, 0.5) is 5.69 Å². The molecule has 0 unspecified atom stereocenters. The highest BCUT2D eigenvalue weighted by atomic mass is 32.2. The molecule has 1 fully saturated rings. The second kappa shape index (κ2) is 8.08. The third-order valence-electron chi connectivity index (χ3n) is 3.51. The summed E-state index contributed by atoms with van der Waals surface area (Å²) in [5, 5.41) is 2.68. The predicted molar refractivity (Wildman–Crippen MR) is 90.0 cm³/mol. The van der Waals surface area contributed by atoms with Gasteiger partial charge in [0.2, 0.25) is 5.91 Å². The molecule has 1 aliphatic heterocycles. The highest BCUT2D eigenvalue weighted by Gasteiger charge is 2.24. The number of carbonyl (C=O) groups excluding carboxylic acids is 1. The number of hydrogen-bond donors (Lipinski definition) is 1. The molecular weight excluding hydrogens is 314 g/mol. The number of sulfone groups is 1. The Morgan fingerprint density at radius 1 is 1.30 bits per heavy atom. The first-order valence-corrected chi connectivity index (χ1v) is 9.17. The average Bonchev–Trinajstić information content (AvgIpc) is 3.00. The summed E-state index contributed by atoms with van der Waals surface area (Å²) in [6.07, 6.45) is 7.40. The lowest BCUT2D eigenvalue weighted by atomic mass is 10.2. The number of rotatable bonds is 6. The van der Waals surface area contributed by atoms with Gasteiger partial charge in [-0.2, -0.15) is 0 Å². The van der Waals surface area contributed by atoms with E-state index >= 15 is 0 Å². The van der Waals surface area contributed by atoms with Gasteiger partial charge in [0.25, 0.3) is 0 Å². The van der Waals surface area contributed by atoms with Crippen LogP contribution in [0.15, 0.2) is 53.5 Å². The number of amides is 1. The predicted octanol–water partition coefficient (Wildman–Crippen LogP) is 2.57. The van der Waals surface area contributed by atoms with Crippen LogP contribution in [0.3, 0.4) is 0 Å². The lowest BCUT2D eigenvalue weighted by Gasteiger charge is -2.09. The molecule has 0 aromatic heterocycles. The van der Waals surface area contributed by atoms with E-state index in [4.69, 9.17) is 4.74 Å². The van der Waals surface area contributed by atoms with Crippen LogP contribution < -0.4 is 5.32 Å². The lowest BCUT2D eigenvalue weighted by Crippen LogP contribution is -2.16. The van der Waals surface area contributed by atoms with E-state index in [0.717, 1.165) is 6.42 Å². The first-order chi connectivity index (χ1) is 11.0. The van der Waals surface area contributed by atoms with Gasteiger partial charge in [-0.05, 0) is 43.5 Å². The molecule has 1 atom stereocenters. The van der Waals surface area contributed by atoms with E-state index in [-0.39, 0.29) is 22.5 Å². The van der Waals surface area contributed by atoms with Crippen LogP contribution in [0, 0.1) is 5.92 Å². The van der Waals surface area contributed by atoms with Crippen molar-refractivity contribution < 1.29 is 17.9 Å². The second-order valence-electron chi connectivity index (χ2n) is 5.41. The molecule has 1 aromatic rings. The molecule has 1 aromatic carbocycles. The van der Waals surface area contributed by atoms with Crippen molar-refractivity contribution in [2.75, 3.05) is 24.3 Å². The Balaban J connectivity index is 1.99. The van der Waals surface area contributed by atoms with Crippen LogP contribution in [-0.4, -0.2) is 33.3 Å². The van der Waals surface area contributed by atoms with Crippen molar-refractivity contribution in [3.8, 4) is 0 Å². The topological polar surface area (TPSA) is 72.5 Å². The molecule has 124 valence electrons. The molecule has 2 rings (SSSR count). The fourth-order valence-corrected chi connectivity index (χ4v) is 3.93. The highest BCUT2D eigenvalue weighted by Crippen LogP contribution is 2.21. The molecule has 1 aliphatic rings. The third kappa shape index (κ3) is 5.33. The minimum Gasteiger partial charge on any atom is -0.381 e. The number of benzene rings is 1. The molecule has 6 heteroatoms. The summed E-state index contributed by atoms with van der Waals surface area (Å²) in [7, 11) is -3.32. The molecule has 0 aliphatic carbocycles. The number of nitrogens with one attached hydrogen (secondary N) is 1. The number of ether oxygens (including phenoxy) is 1. The number of hydrogen-bond acceptors (Lipinski definition) is 4. The van der Waals surface area contributed by atoms with E-state index < -0.39 is 9.84 Å². The second-order valence-corrected chi connectivity index (χ2v) is 7.44. The monoisotopic (exact) mass is 335 g/mol. The molecule has 1 heterocycles. The van der Waals surface area contributed by atoms with Crippen LogP contribution in [-0.2, 0) is 19.4 Å². The number of carbonyl (C=O) groups is 1. The molecule has 0 bridgehead atoms. The van der Waals surface area contributed by atoms with Gasteiger partial charge in [-0.15, -0.1) is 0 Å². The zero-order valence-corrected chi connectivity index (χ0v) is 13.9. The number of allylic oxidation sites excluding steroid dienone is 3. The van der Waals surface area contributed by atoms with Gasteiger partial charge in [0, 0.05) is 18.4 Å². The van der Waals surface area contributed by atoms with Gasteiger partial charge in [0.1, 0.15) is 0 Å². The summed E-state index contributed by atoms with van der Waals surface area (Å²) >= 11 is 0. The Bertz CT molecular complexity index is 684. The highest BCUT2D eigenvalue weighted by molar-refractivity contribution is 7.91. The van der Waals surface area contributed by atoms with Gasteiger partial charge in [0.15, 0.2) is 9.84 Å².